The van der Waals surface area contributed by atoms with Crippen LogP contribution in [0.3, 0.4) is 0 Å². The van der Waals surface area contributed by atoms with Crippen molar-refractivity contribution in [1.29, 1.82) is 0 Å². The van der Waals surface area contributed by atoms with E-state index in [4.69, 9.17) is 9.47 Å². The number of carbonyl (C=O) groups is 3. The van der Waals surface area contributed by atoms with Crippen LogP contribution in [0, 0.1) is 6.92 Å². The summed E-state index contributed by atoms with van der Waals surface area (Å²) in [4.78, 5) is 43.4. The maximum absolute atomic E-state index is 13.0. The van der Waals surface area contributed by atoms with E-state index in [2.05, 4.69) is 4.99 Å². The highest BCUT2D eigenvalue weighted by atomic mass is 16.5. The third-order valence-corrected chi connectivity index (χ3v) is 4.91. The minimum absolute atomic E-state index is 0.0442. The number of hydrogen-bond donors (Lipinski definition) is 0. The van der Waals surface area contributed by atoms with Crippen molar-refractivity contribution in [3.63, 3.8) is 0 Å². The molecule has 1 aromatic rings. The van der Waals surface area contributed by atoms with Gasteiger partial charge in [0.15, 0.2) is 5.84 Å². The summed E-state index contributed by atoms with van der Waals surface area (Å²) in [5.41, 5.74) is 1.22. The van der Waals surface area contributed by atoms with Gasteiger partial charge in [0.2, 0.25) is 5.91 Å². The molecule has 0 N–H and O–H groups in total. The zero-order chi connectivity index (χ0) is 22.2. The molecule has 8 nitrogen and oxygen atoms in total. The van der Waals surface area contributed by atoms with Crippen molar-refractivity contribution in [1.82, 2.24) is 10.0 Å². The Hall–Kier alpha value is -3.00. The average Bonchev–Trinajstić information content (AvgIpc) is 3.06. The van der Waals surface area contributed by atoms with E-state index in [0.29, 0.717) is 6.54 Å². The van der Waals surface area contributed by atoms with Crippen molar-refractivity contribution in [2.24, 2.45) is 4.99 Å². The van der Waals surface area contributed by atoms with Crippen LogP contribution in [0.25, 0.3) is 0 Å². The molecule has 0 aromatic heterocycles. The average molecular weight is 413 g/mol. The molecule has 0 bridgehead atoms. The standard InChI is InChI=1S/C22H27N3O5/c1-13-8-7-9-14(12-13)18-16(20(27)29-5)17(21(28)30-6)19(23-22(2,3)4)25-15(26)10-11-24(18)25/h7-9,12,18H,10-11H2,1-6H3. The Morgan fingerprint density at radius 2 is 1.80 bits per heavy atom. The molecule has 8 heteroatoms. The van der Waals surface area contributed by atoms with Gasteiger partial charge >= 0.3 is 11.9 Å². The largest absolute Gasteiger partial charge is 0.466 e. The Morgan fingerprint density at radius 3 is 2.37 bits per heavy atom. The second kappa shape index (κ2) is 8.02. The summed E-state index contributed by atoms with van der Waals surface area (Å²) in [6.07, 6.45) is 0.244. The molecule has 1 saturated heterocycles. The number of esters is 2. The summed E-state index contributed by atoms with van der Waals surface area (Å²) in [6, 6.07) is 6.92. The minimum Gasteiger partial charge on any atom is -0.466 e. The summed E-state index contributed by atoms with van der Waals surface area (Å²) < 4.78 is 10.1. The van der Waals surface area contributed by atoms with Gasteiger partial charge in [0.05, 0.1) is 31.4 Å². The SMILES string of the molecule is COC(=O)C1=C(C(=O)OC)C(c2cccc(C)c2)N2CCC(=O)N2C1=NC(C)(C)C. The zero-order valence-electron chi connectivity index (χ0n) is 18.2. The molecule has 1 amide bonds. The first-order valence-corrected chi connectivity index (χ1v) is 9.76. The van der Waals surface area contributed by atoms with Crippen LogP contribution >= 0.6 is 0 Å². The third kappa shape index (κ3) is 3.87. The molecule has 0 saturated carbocycles. The predicted octanol–water partition coefficient (Wildman–Crippen LogP) is 2.34. The summed E-state index contributed by atoms with van der Waals surface area (Å²) in [5, 5.41) is 3.19. The lowest BCUT2D eigenvalue weighted by Crippen LogP contribution is -2.53. The maximum atomic E-state index is 13.0. The highest BCUT2D eigenvalue weighted by Gasteiger charge is 2.50. The molecule has 0 aliphatic carbocycles. The molecule has 0 spiro atoms. The number of benzene rings is 1. The Bertz CT molecular complexity index is 958. The van der Waals surface area contributed by atoms with Gasteiger partial charge in [-0.1, -0.05) is 29.8 Å². The Kier molecular flexibility index (Phi) is 5.81. The summed E-state index contributed by atoms with van der Waals surface area (Å²) >= 11 is 0. The highest BCUT2D eigenvalue weighted by Crippen LogP contribution is 2.41. The maximum Gasteiger partial charge on any atom is 0.342 e. The molecular formula is C22H27N3O5. The van der Waals surface area contributed by atoms with Crippen LogP contribution in [0.2, 0.25) is 0 Å². The van der Waals surface area contributed by atoms with Gasteiger partial charge in [-0.25, -0.2) is 14.6 Å². The number of methoxy groups -OCH3 is 2. The van der Waals surface area contributed by atoms with E-state index in [0.717, 1.165) is 11.1 Å². The molecule has 2 aliphatic heterocycles. The number of fused-ring (bicyclic) bond motifs is 1. The number of aryl methyl sites for hydroxylation is 1. The lowest BCUT2D eigenvalue weighted by molar-refractivity contribution is -0.142. The van der Waals surface area contributed by atoms with Gasteiger partial charge in [-0.3, -0.25) is 9.79 Å². The number of amidine groups is 1. The molecule has 2 heterocycles. The first-order valence-electron chi connectivity index (χ1n) is 9.76. The van der Waals surface area contributed by atoms with Crippen LogP contribution in [-0.4, -0.2) is 60.0 Å². The van der Waals surface area contributed by atoms with E-state index >= 15 is 0 Å². The number of hydrogen-bond acceptors (Lipinski definition) is 7. The van der Waals surface area contributed by atoms with E-state index < -0.39 is 23.5 Å². The van der Waals surface area contributed by atoms with E-state index in [9.17, 15) is 14.4 Å². The predicted molar refractivity (Wildman–Crippen MR) is 110 cm³/mol. The molecule has 1 unspecified atom stereocenters. The van der Waals surface area contributed by atoms with E-state index in [1.807, 2.05) is 52.0 Å². The molecule has 0 radical (unpaired) electrons. The van der Waals surface area contributed by atoms with Crippen LogP contribution in [-0.2, 0) is 23.9 Å². The fourth-order valence-electron chi connectivity index (χ4n) is 3.78. The Balaban J connectivity index is 2.40. The normalized spacial score (nSPS) is 21.1. The Morgan fingerprint density at radius 1 is 1.13 bits per heavy atom. The fourth-order valence-corrected chi connectivity index (χ4v) is 3.78. The van der Waals surface area contributed by atoms with Gasteiger partial charge in [-0.15, -0.1) is 0 Å². The smallest absolute Gasteiger partial charge is 0.342 e. The van der Waals surface area contributed by atoms with E-state index in [1.54, 1.807) is 5.01 Å². The lowest BCUT2D eigenvalue weighted by Gasteiger charge is -2.41. The number of aliphatic imine (C=N–C) groups is 1. The summed E-state index contributed by atoms with van der Waals surface area (Å²) in [7, 11) is 2.50. The number of amides is 1. The molecule has 30 heavy (non-hydrogen) atoms. The van der Waals surface area contributed by atoms with Crippen molar-refractivity contribution in [3.05, 3.63) is 46.5 Å². The zero-order valence-corrected chi connectivity index (χ0v) is 18.2. The number of carbonyl (C=O) groups excluding carboxylic acids is 3. The molecule has 1 aromatic carbocycles. The van der Waals surface area contributed by atoms with Gasteiger partial charge in [0.1, 0.15) is 5.57 Å². The number of nitrogens with zero attached hydrogens (tertiary/aromatic N) is 3. The molecule has 2 aliphatic rings. The van der Waals surface area contributed by atoms with Gasteiger partial charge in [0, 0.05) is 13.0 Å². The van der Waals surface area contributed by atoms with Gasteiger partial charge in [0.25, 0.3) is 0 Å². The van der Waals surface area contributed by atoms with E-state index in [-0.39, 0.29) is 29.3 Å². The Labute approximate surface area is 176 Å². The van der Waals surface area contributed by atoms with Crippen molar-refractivity contribution in [2.75, 3.05) is 20.8 Å². The van der Waals surface area contributed by atoms with Gasteiger partial charge in [-0.05, 0) is 33.3 Å². The van der Waals surface area contributed by atoms with Crippen LogP contribution < -0.4 is 0 Å². The number of ether oxygens (including phenoxy) is 2. The summed E-state index contributed by atoms with van der Waals surface area (Å²) in [5.74, 6) is -1.49. The van der Waals surface area contributed by atoms with Crippen molar-refractivity contribution < 1.29 is 23.9 Å². The minimum atomic E-state index is -0.740. The van der Waals surface area contributed by atoms with Crippen molar-refractivity contribution in [2.45, 2.75) is 45.7 Å². The molecule has 160 valence electrons. The second-order valence-corrected chi connectivity index (χ2v) is 8.31. The fraction of sp³-hybridized carbons (Fsp3) is 0.455. The topological polar surface area (TPSA) is 88.5 Å². The highest BCUT2D eigenvalue weighted by molar-refractivity contribution is 6.26. The third-order valence-electron chi connectivity index (χ3n) is 4.91. The summed E-state index contributed by atoms with van der Waals surface area (Å²) in [6.45, 7) is 7.88. The second-order valence-electron chi connectivity index (χ2n) is 8.31. The lowest BCUT2D eigenvalue weighted by atomic mass is 9.90. The number of hydrazine groups is 1. The van der Waals surface area contributed by atoms with Crippen molar-refractivity contribution >= 4 is 23.7 Å². The molecule has 1 fully saturated rings. The van der Waals surface area contributed by atoms with Crippen molar-refractivity contribution in [3.8, 4) is 0 Å². The quantitative estimate of drug-likeness (QED) is 0.707. The van der Waals surface area contributed by atoms with Crippen LogP contribution in [0.15, 0.2) is 40.4 Å². The molecular weight excluding hydrogens is 386 g/mol. The van der Waals surface area contributed by atoms with Gasteiger partial charge in [-0.2, -0.15) is 5.01 Å². The van der Waals surface area contributed by atoms with Crippen LogP contribution in [0.4, 0.5) is 0 Å². The monoisotopic (exact) mass is 413 g/mol. The molecule has 1 atom stereocenters. The number of rotatable bonds is 3. The molecule has 3 rings (SSSR count). The van der Waals surface area contributed by atoms with E-state index in [1.165, 1.54) is 19.2 Å². The first-order chi connectivity index (χ1) is 14.1. The van der Waals surface area contributed by atoms with Crippen LogP contribution in [0.5, 0.6) is 0 Å². The van der Waals surface area contributed by atoms with Crippen LogP contribution in [0.1, 0.15) is 44.4 Å². The van der Waals surface area contributed by atoms with Gasteiger partial charge < -0.3 is 9.47 Å². The first kappa shape index (κ1) is 21.7.